The van der Waals surface area contributed by atoms with Crippen molar-refractivity contribution < 1.29 is 47.2 Å². The molecule has 0 bridgehead atoms. The number of hydrogen-bond acceptors (Lipinski definition) is 15. The number of fused-ring (bicyclic) bond motifs is 2. The summed E-state index contributed by atoms with van der Waals surface area (Å²) in [4.78, 5) is 76.2. The van der Waals surface area contributed by atoms with Gasteiger partial charge in [0.25, 0.3) is 0 Å². The highest BCUT2D eigenvalue weighted by molar-refractivity contribution is 5.88. The molecule has 0 saturated carbocycles. The zero-order chi connectivity index (χ0) is 57.5. The van der Waals surface area contributed by atoms with Crippen molar-refractivity contribution in [3.05, 3.63) is 140 Å². The Bertz CT molecular complexity index is 3750. The fourth-order valence-electron chi connectivity index (χ4n) is 8.91. The van der Waals surface area contributed by atoms with Crippen molar-refractivity contribution in [2.45, 2.75) is 106 Å². The minimum absolute atomic E-state index is 0.00306. The number of rotatable bonds is 12. The lowest BCUT2D eigenvalue weighted by molar-refractivity contribution is -0.154. The van der Waals surface area contributed by atoms with Gasteiger partial charge in [-0.25, -0.2) is 46.3 Å². The number of halogens is 4. The number of carbonyl (C=O) groups is 2. The van der Waals surface area contributed by atoms with E-state index in [0.717, 1.165) is 33.4 Å². The SMILES string of the molecule is CC(C)c1nccc(CC(C(=O)O)C(C)(C)C)c1-n1c(=O)nc(O)c2cc(F)c(-c3c(N)cccc3F)nc21.CC(C)c1nccc(CCC(=O)OC(C)(C)C)c1-n1c(=O)nc(O)c2cc(F)c(-c3c(N)cccc3F)nc21. The lowest BCUT2D eigenvalue weighted by atomic mass is 9.77. The molecular weight excluding hydrogens is 1020 g/mol. The number of nitrogens with two attached hydrogens (primary N) is 2. The second kappa shape index (κ2) is 22.0. The van der Waals surface area contributed by atoms with Gasteiger partial charge in [0.1, 0.15) is 28.6 Å². The molecule has 8 aromatic rings. The number of nitrogens with zero attached hydrogens (tertiary/aromatic N) is 8. The predicted molar refractivity (Wildman–Crippen MR) is 285 cm³/mol. The molecule has 18 nitrogen and oxygen atoms in total. The number of aliphatic carboxylic acids is 1. The van der Waals surface area contributed by atoms with E-state index < -0.39 is 86.7 Å². The van der Waals surface area contributed by atoms with Gasteiger partial charge in [0.05, 0.1) is 50.6 Å². The first-order valence-electron chi connectivity index (χ1n) is 24.6. The number of anilines is 2. The van der Waals surface area contributed by atoms with E-state index in [0.29, 0.717) is 22.5 Å². The summed E-state index contributed by atoms with van der Waals surface area (Å²) < 4.78 is 67.6. The van der Waals surface area contributed by atoms with E-state index in [4.69, 9.17) is 16.2 Å². The number of esters is 1. The fraction of sp³-hybridized carbons (Fsp3) is 0.321. The smallest absolute Gasteiger partial charge is 0.357 e. The molecule has 1 unspecified atom stereocenters. The highest BCUT2D eigenvalue weighted by Gasteiger charge is 2.34. The van der Waals surface area contributed by atoms with Crippen LogP contribution in [0.3, 0.4) is 0 Å². The number of nitrogen functional groups attached to an aromatic ring is 2. The zero-order valence-corrected chi connectivity index (χ0v) is 44.4. The van der Waals surface area contributed by atoms with Gasteiger partial charge in [0, 0.05) is 30.2 Å². The van der Waals surface area contributed by atoms with Gasteiger partial charge >= 0.3 is 23.3 Å². The van der Waals surface area contributed by atoms with Crippen molar-refractivity contribution in [1.82, 2.24) is 39.0 Å². The highest BCUT2D eigenvalue weighted by atomic mass is 19.1. The van der Waals surface area contributed by atoms with E-state index in [2.05, 4.69) is 29.9 Å². The Morgan fingerprint density at radius 1 is 0.641 bits per heavy atom. The Kier molecular flexibility index (Phi) is 16.1. The van der Waals surface area contributed by atoms with E-state index in [9.17, 15) is 43.3 Å². The van der Waals surface area contributed by atoms with Crippen LogP contribution >= 0.6 is 0 Å². The Hall–Kier alpha value is -8.82. The summed E-state index contributed by atoms with van der Waals surface area (Å²) in [7, 11) is 0. The van der Waals surface area contributed by atoms with E-state index >= 15 is 8.78 Å². The molecule has 8 rings (SSSR count). The van der Waals surface area contributed by atoms with Gasteiger partial charge in [0.15, 0.2) is 22.9 Å². The van der Waals surface area contributed by atoms with Crippen LogP contribution in [-0.4, -0.2) is 71.9 Å². The quantitative estimate of drug-likeness (QED) is 0.0432. The first-order chi connectivity index (χ1) is 36.5. The monoisotopic (exact) mass is 1070 g/mol. The molecule has 22 heteroatoms. The van der Waals surface area contributed by atoms with Gasteiger partial charge in [-0.3, -0.25) is 19.6 Å². The number of benzene rings is 2. The van der Waals surface area contributed by atoms with Crippen molar-refractivity contribution in [1.29, 1.82) is 0 Å². The van der Waals surface area contributed by atoms with Gasteiger partial charge in [-0.15, -0.1) is 0 Å². The molecule has 78 heavy (non-hydrogen) atoms. The summed E-state index contributed by atoms with van der Waals surface area (Å²) in [5, 5.41) is 30.5. The number of pyridine rings is 4. The highest BCUT2D eigenvalue weighted by Crippen LogP contribution is 2.38. The number of carboxylic acids is 1. The number of aromatic nitrogens is 8. The number of ether oxygens (including phenoxy) is 1. The summed E-state index contributed by atoms with van der Waals surface area (Å²) in [5.41, 5.74) is 9.10. The van der Waals surface area contributed by atoms with Crippen LogP contribution in [0.25, 0.3) is 56.0 Å². The first-order valence-corrected chi connectivity index (χ1v) is 24.6. The Morgan fingerprint density at radius 3 is 1.45 bits per heavy atom. The van der Waals surface area contributed by atoms with Crippen molar-refractivity contribution in [3.8, 4) is 45.6 Å². The van der Waals surface area contributed by atoms with Crippen LogP contribution in [0.5, 0.6) is 11.8 Å². The maximum atomic E-state index is 15.3. The molecule has 0 aliphatic rings. The third-order valence-corrected chi connectivity index (χ3v) is 12.6. The molecule has 2 aromatic carbocycles. The average molecular weight is 1080 g/mol. The molecule has 0 spiro atoms. The summed E-state index contributed by atoms with van der Waals surface area (Å²) in [5.74, 6) is -7.83. The maximum absolute atomic E-state index is 15.3. The average Bonchev–Trinajstić information content (AvgIpc) is 3.46. The summed E-state index contributed by atoms with van der Waals surface area (Å²) in [6.45, 7) is 18.1. The number of carboxylic acid groups (broad SMARTS) is 1. The Labute approximate surface area is 444 Å². The topological polar surface area (TPSA) is 277 Å². The third-order valence-electron chi connectivity index (χ3n) is 12.6. The van der Waals surface area contributed by atoms with E-state index in [1.165, 1.54) is 30.5 Å². The Morgan fingerprint density at radius 2 is 1.06 bits per heavy atom. The molecule has 6 aromatic heterocycles. The molecule has 6 heterocycles. The van der Waals surface area contributed by atoms with Crippen LogP contribution < -0.4 is 22.8 Å². The molecule has 0 saturated heterocycles. The molecule has 0 amide bonds. The molecule has 1 atom stereocenters. The second-order valence-corrected chi connectivity index (χ2v) is 21.2. The number of hydrogen-bond donors (Lipinski definition) is 5. The molecule has 0 aliphatic heterocycles. The normalized spacial score (nSPS) is 12.3. The van der Waals surface area contributed by atoms with Crippen molar-refractivity contribution in [2.24, 2.45) is 11.3 Å². The van der Waals surface area contributed by atoms with E-state index in [1.807, 2.05) is 27.7 Å². The molecule has 7 N–H and O–H groups in total. The number of carbonyl (C=O) groups excluding carboxylic acids is 1. The van der Waals surface area contributed by atoms with Crippen LogP contribution in [-0.2, 0) is 27.2 Å². The van der Waals surface area contributed by atoms with Crippen LogP contribution in [0.1, 0.15) is 110 Å². The van der Waals surface area contributed by atoms with Crippen LogP contribution in [0.4, 0.5) is 28.9 Å². The summed E-state index contributed by atoms with van der Waals surface area (Å²) in [6.07, 6.45) is 3.29. The second-order valence-electron chi connectivity index (χ2n) is 21.2. The van der Waals surface area contributed by atoms with E-state index in [-0.39, 0.29) is 87.0 Å². The largest absolute Gasteiger partial charge is 0.493 e. The van der Waals surface area contributed by atoms with Gasteiger partial charge in [-0.2, -0.15) is 9.97 Å². The molecule has 0 fully saturated rings. The Balaban J connectivity index is 0.000000226. The number of aromatic hydroxyl groups is 2. The maximum Gasteiger partial charge on any atom is 0.357 e. The lowest BCUT2D eigenvalue weighted by Crippen LogP contribution is -2.32. The van der Waals surface area contributed by atoms with Gasteiger partial charge in [-0.1, -0.05) is 60.6 Å². The predicted octanol–water partition coefficient (Wildman–Crippen LogP) is 9.63. The fourth-order valence-corrected chi connectivity index (χ4v) is 8.91. The minimum atomic E-state index is -1.02. The minimum Gasteiger partial charge on any atom is -0.493 e. The molecular formula is C56H58F4N10O8. The van der Waals surface area contributed by atoms with Crippen molar-refractivity contribution in [2.75, 3.05) is 11.5 Å². The third kappa shape index (κ3) is 11.6. The number of aryl methyl sites for hydroxylation is 1. The first kappa shape index (κ1) is 56.9. The van der Waals surface area contributed by atoms with E-state index in [1.54, 1.807) is 59.9 Å². The van der Waals surface area contributed by atoms with Gasteiger partial charge in [0.2, 0.25) is 11.8 Å². The molecule has 0 radical (unpaired) electrons. The van der Waals surface area contributed by atoms with Crippen molar-refractivity contribution >= 4 is 45.4 Å². The van der Waals surface area contributed by atoms with Crippen LogP contribution in [0.2, 0.25) is 0 Å². The van der Waals surface area contributed by atoms with Gasteiger partial charge in [-0.05, 0) is 111 Å². The van der Waals surface area contributed by atoms with Gasteiger partial charge < -0.3 is 31.5 Å². The molecule has 408 valence electrons. The van der Waals surface area contributed by atoms with Crippen LogP contribution in [0, 0.1) is 34.6 Å². The summed E-state index contributed by atoms with van der Waals surface area (Å²) >= 11 is 0. The summed E-state index contributed by atoms with van der Waals surface area (Å²) in [6, 6.07) is 12.8. The molecule has 0 aliphatic carbocycles. The van der Waals surface area contributed by atoms with Crippen LogP contribution in [0.15, 0.2) is 82.6 Å². The standard InChI is InChI=1S/2C28H29F2N5O4/c1-13(2)21-23(14(9-10-32-21)11-16(26(37)38)28(3,4)5)35-24-15(25(36)34-27(35)39)12-18(30)22(33-24)20-17(29)7-6-8-19(20)31;1-14(2)22-24(15(11-12-32-22)9-10-20(36)39-28(3,4)5)35-25-16(26(37)34-27(35)38)13-18(30)23(33-25)21-17(29)7-6-8-19(21)31/h6-10,12-13,16H,11,31H2,1-5H3,(H,37,38)(H,34,36,39);6-8,11-14H,9-10,31H2,1-5H3,(H,34,37,38). The van der Waals surface area contributed by atoms with Crippen molar-refractivity contribution in [3.63, 3.8) is 0 Å². The lowest BCUT2D eigenvalue weighted by Gasteiger charge is -2.28. The zero-order valence-electron chi connectivity index (χ0n) is 44.4.